The molecule has 0 saturated carbocycles. The fraction of sp³-hybridized carbons (Fsp3) is 0.200. The van der Waals surface area contributed by atoms with Gasteiger partial charge in [-0.15, -0.1) is 16.8 Å². The topological polar surface area (TPSA) is 72.7 Å². The minimum absolute atomic E-state index is 0.131. The van der Waals surface area contributed by atoms with Gasteiger partial charge in [-0.25, -0.2) is 0 Å². The van der Waals surface area contributed by atoms with Crippen molar-refractivity contribution in [3.8, 4) is 11.4 Å². The van der Waals surface area contributed by atoms with Crippen molar-refractivity contribution in [2.24, 2.45) is 0 Å². The van der Waals surface area contributed by atoms with Gasteiger partial charge in [0.1, 0.15) is 0 Å². The number of hydrogen-bond donors (Lipinski definition) is 1. The lowest BCUT2D eigenvalue weighted by molar-refractivity contribution is -0.115. The number of pyridine rings is 1. The maximum atomic E-state index is 12.7. The second-order valence-electron chi connectivity index (χ2n) is 6.15. The standard InChI is InChI=1S/C20H20ClN5OS/c1-4-11-26-18(15-7-9-22-10-8-15)24-25-20(26)28-14(3)19(27)23-17-12-16(21)6-5-13(17)2/h4-10,12,14H,1,11H2,2-3H3,(H,23,27)/t14-/m0/s1. The molecular formula is C20H20ClN5OS. The molecule has 0 saturated heterocycles. The van der Waals surface area contributed by atoms with Crippen LogP contribution in [0.1, 0.15) is 12.5 Å². The monoisotopic (exact) mass is 413 g/mol. The summed E-state index contributed by atoms with van der Waals surface area (Å²) >= 11 is 7.38. The molecule has 0 spiro atoms. The van der Waals surface area contributed by atoms with Gasteiger partial charge in [0.25, 0.3) is 0 Å². The molecule has 6 nitrogen and oxygen atoms in total. The van der Waals surface area contributed by atoms with Gasteiger partial charge in [0.05, 0.1) is 5.25 Å². The van der Waals surface area contributed by atoms with Gasteiger partial charge in [-0.1, -0.05) is 35.5 Å². The average molecular weight is 414 g/mol. The normalized spacial score (nSPS) is 11.8. The van der Waals surface area contributed by atoms with E-state index in [-0.39, 0.29) is 11.2 Å². The molecule has 3 aromatic rings. The zero-order chi connectivity index (χ0) is 20.1. The lowest BCUT2D eigenvalue weighted by atomic mass is 10.2. The second-order valence-corrected chi connectivity index (χ2v) is 7.89. The van der Waals surface area contributed by atoms with E-state index in [1.807, 2.05) is 36.6 Å². The molecule has 1 N–H and O–H groups in total. The van der Waals surface area contributed by atoms with Gasteiger partial charge in [0.15, 0.2) is 11.0 Å². The first-order valence-electron chi connectivity index (χ1n) is 8.67. The van der Waals surface area contributed by atoms with E-state index in [4.69, 9.17) is 11.6 Å². The summed E-state index contributed by atoms with van der Waals surface area (Å²) in [6, 6.07) is 9.15. The summed E-state index contributed by atoms with van der Waals surface area (Å²) in [5, 5.41) is 12.4. The van der Waals surface area contributed by atoms with Crippen molar-refractivity contribution in [3.05, 3.63) is 66.0 Å². The van der Waals surface area contributed by atoms with Gasteiger partial charge in [-0.2, -0.15) is 0 Å². The Bertz CT molecular complexity index is 990. The summed E-state index contributed by atoms with van der Waals surface area (Å²) in [6.07, 6.45) is 5.19. The lowest BCUT2D eigenvalue weighted by Crippen LogP contribution is -2.23. The highest BCUT2D eigenvalue weighted by Gasteiger charge is 2.21. The molecule has 3 rings (SSSR count). The molecule has 0 unspecified atom stereocenters. The molecule has 144 valence electrons. The minimum Gasteiger partial charge on any atom is -0.325 e. The van der Waals surface area contributed by atoms with Crippen molar-refractivity contribution >= 4 is 35.0 Å². The molecule has 1 atom stereocenters. The van der Waals surface area contributed by atoms with Crippen molar-refractivity contribution in [2.75, 3.05) is 5.32 Å². The maximum Gasteiger partial charge on any atom is 0.237 e. The summed E-state index contributed by atoms with van der Waals surface area (Å²) < 4.78 is 1.93. The molecule has 1 aromatic carbocycles. The number of nitrogens with zero attached hydrogens (tertiary/aromatic N) is 4. The largest absolute Gasteiger partial charge is 0.325 e. The predicted molar refractivity (Wildman–Crippen MR) is 114 cm³/mol. The van der Waals surface area contributed by atoms with E-state index in [2.05, 4.69) is 27.1 Å². The zero-order valence-electron chi connectivity index (χ0n) is 15.6. The number of anilines is 1. The van der Waals surface area contributed by atoms with Crippen LogP contribution >= 0.6 is 23.4 Å². The number of nitrogens with one attached hydrogen (secondary N) is 1. The van der Waals surface area contributed by atoms with E-state index in [1.54, 1.807) is 30.6 Å². The van der Waals surface area contributed by atoms with E-state index >= 15 is 0 Å². The van der Waals surface area contributed by atoms with Crippen LogP contribution in [-0.2, 0) is 11.3 Å². The average Bonchev–Trinajstić information content (AvgIpc) is 3.08. The van der Waals surface area contributed by atoms with Crippen molar-refractivity contribution in [1.29, 1.82) is 0 Å². The van der Waals surface area contributed by atoms with Gasteiger partial charge in [-0.3, -0.25) is 14.3 Å². The molecule has 1 amide bonds. The Hall–Kier alpha value is -2.64. The molecule has 0 bridgehead atoms. The third-order valence-corrected chi connectivity index (χ3v) is 5.39. The number of hydrogen-bond acceptors (Lipinski definition) is 5. The minimum atomic E-state index is -0.378. The van der Waals surface area contributed by atoms with Crippen LogP contribution in [0.3, 0.4) is 0 Å². The molecule has 2 heterocycles. The first-order chi connectivity index (χ1) is 13.5. The van der Waals surface area contributed by atoms with E-state index < -0.39 is 0 Å². The van der Waals surface area contributed by atoms with Gasteiger partial charge in [-0.05, 0) is 43.7 Å². The van der Waals surface area contributed by atoms with Crippen LogP contribution in [0.4, 0.5) is 5.69 Å². The molecular weight excluding hydrogens is 394 g/mol. The molecule has 8 heteroatoms. The Balaban J connectivity index is 1.79. The van der Waals surface area contributed by atoms with Crippen LogP contribution in [-0.4, -0.2) is 30.9 Å². The van der Waals surface area contributed by atoms with Gasteiger partial charge < -0.3 is 5.32 Å². The maximum absolute atomic E-state index is 12.7. The number of carbonyl (C=O) groups is 1. The number of aromatic nitrogens is 4. The molecule has 0 aliphatic heterocycles. The van der Waals surface area contributed by atoms with Crippen LogP contribution < -0.4 is 5.32 Å². The van der Waals surface area contributed by atoms with Crippen LogP contribution in [0.2, 0.25) is 5.02 Å². The molecule has 2 aromatic heterocycles. The Kier molecular flexibility index (Phi) is 6.49. The Morgan fingerprint density at radius 2 is 2.07 bits per heavy atom. The molecule has 0 aliphatic carbocycles. The van der Waals surface area contributed by atoms with Crippen molar-refractivity contribution in [2.45, 2.75) is 30.8 Å². The SMILES string of the molecule is C=CCn1c(S[C@@H](C)C(=O)Nc2cc(Cl)ccc2C)nnc1-c1ccncc1. The highest BCUT2D eigenvalue weighted by molar-refractivity contribution is 8.00. The Morgan fingerprint density at radius 1 is 1.32 bits per heavy atom. The summed E-state index contributed by atoms with van der Waals surface area (Å²) in [7, 11) is 0. The van der Waals surface area contributed by atoms with Gasteiger partial charge in [0, 0.05) is 35.2 Å². The summed E-state index contributed by atoms with van der Waals surface area (Å²) in [5.74, 6) is 0.581. The Labute approximate surface area is 173 Å². The fourth-order valence-electron chi connectivity index (χ4n) is 2.56. The van der Waals surface area contributed by atoms with Gasteiger partial charge >= 0.3 is 0 Å². The van der Waals surface area contributed by atoms with E-state index in [9.17, 15) is 4.79 Å². The predicted octanol–water partition coefficient (Wildman–Crippen LogP) is 4.61. The smallest absolute Gasteiger partial charge is 0.237 e. The fourth-order valence-corrected chi connectivity index (χ4v) is 3.59. The quantitative estimate of drug-likeness (QED) is 0.452. The first-order valence-corrected chi connectivity index (χ1v) is 9.93. The third-order valence-electron chi connectivity index (χ3n) is 4.08. The number of halogens is 1. The molecule has 28 heavy (non-hydrogen) atoms. The molecule has 0 radical (unpaired) electrons. The van der Waals surface area contributed by atoms with E-state index in [0.29, 0.717) is 28.2 Å². The summed E-state index contributed by atoms with van der Waals surface area (Å²) in [6.45, 7) is 8.10. The summed E-state index contributed by atoms with van der Waals surface area (Å²) in [5.41, 5.74) is 2.56. The number of allylic oxidation sites excluding steroid dienone is 1. The number of thioether (sulfide) groups is 1. The lowest BCUT2D eigenvalue weighted by Gasteiger charge is -2.14. The molecule has 0 aliphatic rings. The van der Waals surface area contributed by atoms with E-state index in [0.717, 1.165) is 11.1 Å². The van der Waals surface area contributed by atoms with Crippen LogP contribution in [0.25, 0.3) is 11.4 Å². The number of amides is 1. The highest BCUT2D eigenvalue weighted by Crippen LogP contribution is 2.28. The van der Waals surface area contributed by atoms with E-state index in [1.165, 1.54) is 11.8 Å². The van der Waals surface area contributed by atoms with Crippen LogP contribution in [0.5, 0.6) is 0 Å². The summed E-state index contributed by atoms with van der Waals surface area (Å²) in [4.78, 5) is 16.7. The number of benzene rings is 1. The van der Waals surface area contributed by atoms with Crippen molar-refractivity contribution < 1.29 is 4.79 Å². The van der Waals surface area contributed by atoms with Crippen LogP contribution in [0, 0.1) is 6.92 Å². The second kappa shape index (κ2) is 9.03. The van der Waals surface area contributed by atoms with Gasteiger partial charge in [0.2, 0.25) is 5.91 Å². The van der Waals surface area contributed by atoms with Crippen molar-refractivity contribution in [1.82, 2.24) is 19.7 Å². The van der Waals surface area contributed by atoms with Crippen molar-refractivity contribution in [3.63, 3.8) is 0 Å². The third kappa shape index (κ3) is 4.61. The van der Waals surface area contributed by atoms with Crippen LogP contribution in [0.15, 0.2) is 60.5 Å². The number of aryl methyl sites for hydroxylation is 1. The zero-order valence-corrected chi connectivity index (χ0v) is 17.2. The number of carbonyl (C=O) groups excluding carboxylic acids is 1. The molecule has 0 fully saturated rings. The number of rotatable bonds is 7. The first kappa shape index (κ1) is 20.1. The Morgan fingerprint density at radius 3 is 2.79 bits per heavy atom. The highest BCUT2D eigenvalue weighted by atomic mass is 35.5.